The molecule has 2 heterocycles. The molecule has 80 valence electrons. The quantitative estimate of drug-likeness (QED) is 0.519. The third kappa shape index (κ3) is 1.82. The summed E-state index contributed by atoms with van der Waals surface area (Å²) < 4.78 is 5.19. The summed E-state index contributed by atoms with van der Waals surface area (Å²) in [4.78, 5) is 22.8. The fourth-order valence-corrected chi connectivity index (χ4v) is 3.46. The van der Waals surface area contributed by atoms with E-state index < -0.39 is 16.9 Å². The number of β-lactam (4-membered cyclic amide) rings is 1. The van der Waals surface area contributed by atoms with Crippen LogP contribution in [0.25, 0.3) is 0 Å². The van der Waals surface area contributed by atoms with Crippen LogP contribution in [0.5, 0.6) is 0 Å². The second kappa shape index (κ2) is 4.25. The van der Waals surface area contributed by atoms with Gasteiger partial charge in [-0.3, -0.25) is 4.79 Å². The van der Waals surface area contributed by atoms with E-state index in [1.807, 2.05) is 0 Å². The van der Waals surface area contributed by atoms with Crippen LogP contribution in [0.3, 0.4) is 0 Å². The molecule has 0 bridgehead atoms. The van der Waals surface area contributed by atoms with Crippen molar-refractivity contribution in [2.24, 2.45) is 0 Å². The minimum atomic E-state index is -1.00. The molecule has 0 aromatic rings. The summed E-state index contributed by atoms with van der Waals surface area (Å²) in [5.41, 5.74) is 0. The molecule has 2 rings (SSSR count). The first kappa shape index (κ1) is 13.3. The SMILES string of the molecule is COC1(C)S[C@@H]2CC(=O)N2C1C(=O)O.[NaH]. The Labute approximate surface area is 114 Å². The van der Waals surface area contributed by atoms with Gasteiger partial charge in [-0.1, -0.05) is 11.8 Å². The van der Waals surface area contributed by atoms with Gasteiger partial charge in [0.2, 0.25) is 5.91 Å². The van der Waals surface area contributed by atoms with E-state index in [9.17, 15) is 9.59 Å². The Kier molecular flexibility index (Phi) is 3.78. The van der Waals surface area contributed by atoms with Gasteiger partial charge in [-0.15, -0.1) is 0 Å². The van der Waals surface area contributed by atoms with E-state index in [2.05, 4.69) is 0 Å². The molecule has 0 aromatic carbocycles. The van der Waals surface area contributed by atoms with Gasteiger partial charge in [-0.2, -0.15) is 0 Å². The summed E-state index contributed by atoms with van der Waals surface area (Å²) in [6.45, 7) is 1.71. The standard InChI is InChI=1S/C8H11NO4S.Na.H/c1-8(13-2)6(7(11)12)9-4(10)3-5(9)14-8;;/h5-6H,3H2,1-2H3,(H,11,12);;/t5-,6?,8?;;/m1../s1. The number of amides is 1. The maximum absolute atomic E-state index is 11.2. The zero-order valence-electron chi connectivity index (χ0n) is 7.89. The van der Waals surface area contributed by atoms with E-state index >= 15 is 0 Å². The Bertz CT molecular complexity index is 313. The molecular formula is C8H12NNaO4S. The van der Waals surface area contributed by atoms with Gasteiger partial charge < -0.3 is 14.7 Å². The van der Waals surface area contributed by atoms with Crippen molar-refractivity contribution in [1.82, 2.24) is 4.90 Å². The van der Waals surface area contributed by atoms with Crippen molar-refractivity contribution in [3.05, 3.63) is 0 Å². The number of carbonyl (C=O) groups is 2. The van der Waals surface area contributed by atoms with Crippen LogP contribution >= 0.6 is 11.8 Å². The number of thioether (sulfide) groups is 1. The molecule has 2 aliphatic rings. The predicted molar refractivity (Wildman–Crippen MR) is 56.8 cm³/mol. The van der Waals surface area contributed by atoms with Crippen LogP contribution in [0.1, 0.15) is 13.3 Å². The van der Waals surface area contributed by atoms with Gasteiger partial charge in [0.15, 0.2) is 6.04 Å². The third-order valence-corrected chi connectivity index (χ3v) is 4.26. The van der Waals surface area contributed by atoms with Crippen molar-refractivity contribution in [2.75, 3.05) is 7.11 Å². The van der Waals surface area contributed by atoms with Gasteiger partial charge in [0.25, 0.3) is 0 Å². The number of carboxylic acids is 1. The Hall–Kier alpha value is 0.250. The number of carboxylic acid groups (broad SMARTS) is 1. The summed E-state index contributed by atoms with van der Waals surface area (Å²) in [7, 11) is 1.47. The van der Waals surface area contributed by atoms with Crippen molar-refractivity contribution >= 4 is 53.2 Å². The molecule has 0 aromatic heterocycles. The molecule has 7 heteroatoms. The second-order valence-electron chi connectivity index (χ2n) is 3.54. The Morgan fingerprint density at radius 3 is 2.73 bits per heavy atom. The maximum atomic E-state index is 11.2. The second-order valence-corrected chi connectivity index (χ2v) is 5.13. The summed E-state index contributed by atoms with van der Waals surface area (Å²) in [6.07, 6.45) is 0.424. The van der Waals surface area contributed by atoms with Crippen LogP contribution in [-0.4, -0.2) is 74.9 Å². The summed E-state index contributed by atoms with van der Waals surface area (Å²) in [6, 6.07) is -0.858. The van der Waals surface area contributed by atoms with Crippen molar-refractivity contribution in [1.29, 1.82) is 0 Å². The molecule has 0 spiro atoms. The van der Waals surface area contributed by atoms with Crippen LogP contribution in [0, 0.1) is 0 Å². The Morgan fingerprint density at radius 2 is 2.33 bits per heavy atom. The summed E-state index contributed by atoms with van der Waals surface area (Å²) in [5.74, 6) is -1.10. The van der Waals surface area contributed by atoms with Gasteiger partial charge in [-0.25, -0.2) is 4.79 Å². The van der Waals surface area contributed by atoms with E-state index in [4.69, 9.17) is 9.84 Å². The van der Waals surface area contributed by atoms with Crippen molar-refractivity contribution in [3.8, 4) is 0 Å². The Balaban J connectivity index is 0.00000112. The van der Waals surface area contributed by atoms with Crippen molar-refractivity contribution < 1.29 is 19.4 Å². The zero-order chi connectivity index (χ0) is 10.5. The first-order chi connectivity index (χ1) is 6.49. The number of hydrogen-bond acceptors (Lipinski definition) is 4. The van der Waals surface area contributed by atoms with Crippen LogP contribution in [0.15, 0.2) is 0 Å². The number of fused-ring (bicyclic) bond motifs is 1. The van der Waals surface area contributed by atoms with E-state index in [0.717, 1.165) is 0 Å². The first-order valence-electron chi connectivity index (χ1n) is 4.26. The molecular weight excluding hydrogens is 229 g/mol. The number of nitrogens with zero attached hydrogens (tertiary/aromatic N) is 1. The average molecular weight is 241 g/mol. The zero-order valence-corrected chi connectivity index (χ0v) is 8.71. The summed E-state index contributed by atoms with van der Waals surface area (Å²) in [5, 5.41) is 9.01. The normalized spacial score (nSPS) is 38.0. The number of rotatable bonds is 2. The van der Waals surface area contributed by atoms with Gasteiger partial charge in [-0.05, 0) is 6.92 Å². The minimum absolute atomic E-state index is 0. The van der Waals surface area contributed by atoms with Gasteiger partial charge in [0.05, 0.1) is 11.8 Å². The van der Waals surface area contributed by atoms with E-state index in [0.29, 0.717) is 6.42 Å². The molecule has 0 radical (unpaired) electrons. The molecule has 0 saturated carbocycles. The number of hydrogen-bond donors (Lipinski definition) is 1. The monoisotopic (exact) mass is 241 g/mol. The topological polar surface area (TPSA) is 66.8 Å². The van der Waals surface area contributed by atoms with Gasteiger partial charge >= 0.3 is 35.5 Å². The predicted octanol–water partition coefficient (Wildman–Crippen LogP) is -0.541. The molecule has 2 unspecified atom stereocenters. The number of carbonyl (C=O) groups excluding carboxylic acids is 1. The third-order valence-electron chi connectivity index (χ3n) is 2.73. The molecule has 2 saturated heterocycles. The fourth-order valence-electron chi connectivity index (χ4n) is 1.90. The summed E-state index contributed by atoms with van der Waals surface area (Å²) >= 11 is 1.40. The number of ether oxygens (including phenoxy) is 1. The van der Waals surface area contributed by atoms with Crippen LogP contribution < -0.4 is 0 Å². The fraction of sp³-hybridized carbons (Fsp3) is 0.750. The molecule has 2 aliphatic heterocycles. The van der Waals surface area contributed by atoms with Gasteiger partial charge in [0.1, 0.15) is 4.93 Å². The van der Waals surface area contributed by atoms with Crippen molar-refractivity contribution in [3.63, 3.8) is 0 Å². The average Bonchev–Trinajstić information content (AvgIpc) is 2.35. The van der Waals surface area contributed by atoms with E-state index in [1.165, 1.54) is 23.8 Å². The first-order valence-corrected chi connectivity index (χ1v) is 5.14. The van der Waals surface area contributed by atoms with Crippen LogP contribution in [0.2, 0.25) is 0 Å². The molecule has 1 N–H and O–H groups in total. The van der Waals surface area contributed by atoms with Gasteiger partial charge in [0, 0.05) is 7.11 Å². The molecule has 5 nitrogen and oxygen atoms in total. The molecule has 2 fully saturated rings. The molecule has 3 atom stereocenters. The number of methoxy groups -OCH3 is 1. The molecule has 1 amide bonds. The Morgan fingerprint density at radius 1 is 1.73 bits per heavy atom. The number of aliphatic carboxylic acids is 1. The van der Waals surface area contributed by atoms with Crippen LogP contribution in [-0.2, 0) is 14.3 Å². The van der Waals surface area contributed by atoms with E-state index in [-0.39, 0.29) is 40.8 Å². The molecule has 0 aliphatic carbocycles. The van der Waals surface area contributed by atoms with Crippen molar-refractivity contribution in [2.45, 2.75) is 29.7 Å². The molecule has 15 heavy (non-hydrogen) atoms. The van der Waals surface area contributed by atoms with Crippen LogP contribution in [0.4, 0.5) is 0 Å². The van der Waals surface area contributed by atoms with E-state index in [1.54, 1.807) is 6.92 Å².